The van der Waals surface area contributed by atoms with E-state index in [4.69, 9.17) is 4.74 Å². The van der Waals surface area contributed by atoms with Crippen molar-refractivity contribution in [2.75, 3.05) is 31.8 Å². The van der Waals surface area contributed by atoms with E-state index in [9.17, 15) is 26.4 Å². The molecule has 0 amide bonds. The Balaban J connectivity index is 2.11. The number of ether oxygens (including phenoxy) is 1. The zero-order valence-electron chi connectivity index (χ0n) is 15.2. The summed E-state index contributed by atoms with van der Waals surface area (Å²) in [5, 5.41) is 2.91. The highest BCUT2D eigenvalue weighted by atomic mass is 32.2. The number of hydrogen-bond donors (Lipinski definition) is 1. The lowest BCUT2D eigenvalue weighted by molar-refractivity contribution is -0.138. The Morgan fingerprint density at radius 2 is 2.07 bits per heavy atom. The van der Waals surface area contributed by atoms with Gasteiger partial charge >= 0.3 is 12.1 Å². The molecule has 6 nitrogen and oxygen atoms in total. The number of halogens is 3. The third-order valence-corrected chi connectivity index (χ3v) is 4.92. The van der Waals surface area contributed by atoms with Crippen LogP contribution in [0.15, 0.2) is 18.2 Å². The predicted octanol–water partition coefficient (Wildman–Crippen LogP) is 2.05. The van der Waals surface area contributed by atoms with Crippen molar-refractivity contribution in [3.63, 3.8) is 0 Å². The van der Waals surface area contributed by atoms with E-state index in [-0.39, 0.29) is 36.2 Å². The summed E-state index contributed by atoms with van der Waals surface area (Å²) in [6.07, 6.45) is -2.82. The van der Waals surface area contributed by atoms with Crippen LogP contribution < -0.4 is 5.32 Å². The summed E-state index contributed by atoms with van der Waals surface area (Å²) in [5.74, 6) is -0.950. The molecule has 1 aliphatic heterocycles. The topological polar surface area (TPSA) is 75.7 Å². The summed E-state index contributed by atoms with van der Waals surface area (Å²) in [6, 6.07) is 3.36. The van der Waals surface area contributed by atoms with Crippen LogP contribution in [0, 0.1) is 0 Å². The van der Waals surface area contributed by atoms with Crippen molar-refractivity contribution in [3.8, 4) is 0 Å². The molecule has 1 saturated heterocycles. The van der Waals surface area contributed by atoms with Crippen LogP contribution in [0.2, 0.25) is 0 Å². The first-order chi connectivity index (χ1) is 12.5. The minimum Gasteiger partial charge on any atom is -0.462 e. The number of alkyl halides is 3. The van der Waals surface area contributed by atoms with Crippen molar-refractivity contribution in [2.24, 2.45) is 0 Å². The Bertz CT molecular complexity index is 781. The third-order valence-electron chi connectivity index (χ3n) is 4.23. The summed E-state index contributed by atoms with van der Waals surface area (Å²) in [5.41, 5.74) is -0.929. The van der Waals surface area contributed by atoms with Crippen LogP contribution in [-0.4, -0.2) is 57.2 Å². The molecule has 1 atom stereocenters. The molecule has 0 aliphatic carbocycles. The molecule has 0 bridgehead atoms. The van der Waals surface area contributed by atoms with E-state index in [1.165, 1.54) is 12.1 Å². The van der Waals surface area contributed by atoms with E-state index in [0.717, 1.165) is 12.3 Å². The maximum Gasteiger partial charge on any atom is 0.416 e. The van der Waals surface area contributed by atoms with Gasteiger partial charge in [0.25, 0.3) is 0 Å². The van der Waals surface area contributed by atoms with Crippen LogP contribution in [0.3, 0.4) is 0 Å². The number of likely N-dealkylation sites (tertiary alicyclic amines) is 1. The number of nitrogens with one attached hydrogen (secondary N) is 1. The van der Waals surface area contributed by atoms with E-state index in [1.807, 2.05) is 4.90 Å². The molecule has 152 valence electrons. The molecule has 1 aromatic rings. The van der Waals surface area contributed by atoms with Gasteiger partial charge in [-0.05, 0) is 31.0 Å². The third kappa shape index (κ3) is 6.47. The highest BCUT2D eigenvalue weighted by molar-refractivity contribution is 7.90. The van der Waals surface area contributed by atoms with Gasteiger partial charge in [0, 0.05) is 31.9 Å². The number of hydrogen-bond acceptors (Lipinski definition) is 6. The molecule has 1 fully saturated rings. The highest BCUT2D eigenvalue weighted by Crippen LogP contribution is 2.34. The average Bonchev–Trinajstić information content (AvgIpc) is 2.99. The molecule has 0 aromatic heterocycles. The maximum atomic E-state index is 13.4. The molecule has 1 N–H and O–H groups in total. The second-order valence-corrected chi connectivity index (χ2v) is 8.73. The van der Waals surface area contributed by atoms with Gasteiger partial charge in [0.1, 0.15) is 0 Å². The van der Waals surface area contributed by atoms with Gasteiger partial charge in [-0.2, -0.15) is 13.2 Å². The molecule has 27 heavy (non-hydrogen) atoms. The molecule has 1 heterocycles. The summed E-state index contributed by atoms with van der Waals surface area (Å²) < 4.78 is 67.5. The number of nitrogens with zero attached hydrogens (tertiary/aromatic N) is 1. The predicted molar refractivity (Wildman–Crippen MR) is 93.9 cm³/mol. The van der Waals surface area contributed by atoms with Crippen LogP contribution in [-0.2, 0) is 27.3 Å². The largest absolute Gasteiger partial charge is 0.462 e. The molecule has 0 spiro atoms. The number of benzene rings is 1. The number of rotatable bonds is 7. The molecule has 2 rings (SSSR count). The van der Waals surface area contributed by atoms with Gasteiger partial charge in [-0.25, -0.2) is 13.2 Å². The van der Waals surface area contributed by atoms with Gasteiger partial charge in [-0.1, -0.05) is 6.07 Å². The van der Waals surface area contributed by atoms with Crippen molar-refractivity contribution < 1.29 is 31.1 Å². The second-order valence-electron chi connectivity index (χ2n) is 6.59. The van der Waals surface area contributed by atoms with Crippen LogP contribution in [0.4, 0.5) is 13.2 Å². The van der Waals surface area contributed by atoms with Crippen LogP contribution in [0.5, 0.6) is 0 Å². The van der Waals surface area contributed by atoms with E-state index >= 15 is 0 Å². The number of sulfone groups is 1. The van der Waals surface area contributed by atoms with Crippen molar-refractivity contribution in [1.82, 2.24) is 10.2 Å². The van der Waals surface area contributed by atoms with E-state index in [2.05, 4.69) is 5.32 Å². The fraction of sp³-hybridized carbons (Fsp3) is 0.588. The first-order valence-corrected chi connectivity index (χ1v) is 10.6. The van der Waals surface area contributed by atoms with E-state index in [1.54, 1.807) is 6.92 Å². The van der Waals surface area contributed by atoms with Gasteiger partial charge in [0.2, 0.25) is 0 Å². The SMILES string of the molecule is CCOC(=O)c1ccc(CN2CC[C@@H](NCS(C)(=O)=O)C2)c(C(F)(F)F)c1. The van der Waals surface area contributed by atoms with Crippen LogP contribution in [0.25, 0.3) is 0 Å². The van der Waals surface area contributed by atoms with E-state index < -0.39 is 27.5 Å². The van der Waals surface area contributed by atoms with Crippen LogP contribution >= 0.6 is 0 Å². The van der Waals surface area contributed by atoms with Crippen molar-refractivity contribution in [2.45, 2.75) is 32.1 Å². The maximum absolute atomic E-state index is 13.4. The molecule has 0 unspecified atom stereocenters. The fourth-order valence-corrected chi connectivity index (χ4v) is 3.51. The smallest absolute Gasteiger partial charge is 0.416 e. The lowest BCUT2D eigenvalue weighted by Crippen LogP contribution is -2.35. The Hall–Kier alpha value is -1.65. The minimum absolute atomic E-state index is 0.0645. The summed E-state index contributed by atoms with van der Waals surface area (Å²) >= 11 is 0. The standard InChI is InChI=1S/C17H23F3N2O4S/c1-3-26-16(23)12-4-5-13(15(8-12)17(18,19)20)9-22-7-6-14(10-22)21-11-27(2,24)25/h4-5,8,14,21H,3,6-7,9-11H2,1-2H3/t14-/m1/s1. The number of carbonyl (C=O) groups is 1. The van der Waals surface area contributed by atoms with Gasteiger partial charge in [-0.3, -0.25) is 10.2 Å². The minimum atomic E-state index is -4.59. The number of carbonyl (C=O) groups excluding carboxylic acids is 1. The molecule has 10 heteroatoms. The van der Waals surface area contributed by atoms with Crippen molar-refractivity contribution in [1.29, 1.82) is 0 Å². The van der Waals surface area contributed by atoms with Crippen molar-refractivity contribution in [3.05, 3.63) is 34.9 Å². The molecule has 0 saturated carbocycles. The Morgan fingerprint density at radius 3 is 2.67 bits per heavy atom. The zero-order valence-corrected chi connectivity index (χ0v) is 16.0. The highest BCUT2D eigenvalue weighted by Gasteiger charge is 2.35. The summed E-state index contributed by atoms with van der Waals surface area (Å²) in [7, 11) is -3.15. The number of esters is 1. The Morgan fingerprint density at radius 1 is 1.37 bits per heavy atom. The normalized spacial score (nSPS) is 18.6. The van der Waals surface area contributed by atoms with Crippen molar-refractivity contribution >= 4 is 15.8 Å². The molecular formula is C17H23F3N2O4S. The molecular weight excluding hydrogens is 385 g/mol. The van der Waals surface area contributed by atoms with E-state index in [0.29, 0.717) is 19.5 Å². The second kappa shape index (κ2) is 8.57. The molecule has 1 aromatic carbocycles. The van der Waals surface area contributed by atoms with Gasteiger partial charge in [-0.15, -0.1) is 0 Å². The average molecular weight is 408 g/mol. The lowest BCUT2D eigenvalue weighted by Gasteiger charge is -2.20. The fourth-order valence-electron chi connectivity index (χ4n) is 2.97. The van der Waals surface area contributed by atoms with Crippen LogP contribution in [0.1, 0.15) is 34.8 Å². The Kier molecular flexibility index (Phi) is 6.87. The summed E-state index contributed by atoms with van der Waals surface area (Å²) in [6.45, 7) is 2.73. The first-order valence-electron chi connectivity index (χ1n) is 8.50. The van der Waals surface area contributed by atoms with Gasteiger partial charge in [0.05, 0.1) is 23.6 Å². The molecule has 1 aliphatic rings. The van der Waals surface area contributed by atoms with Gasteiger partial charge < -0.3 is 4.74 Å². The monoisotopic (exact) mass is 408 g/mol. The molecule has 0 radical (unpaired) electrons. The quantitative estimate of drug-likeness (QED) is 0.696. The summed E-state index contributed by atoms with van der Waals surface area (Å²) in [4.78, 5) is 13.5. The van der Waals surface area contributed by atoms with Gasteiger partial charge in [0.15, 0.2) is 9.84 Å². The first kappa shape index (κ1) is 21.6. The zero-order chi connectivity index (χ0) is 20.2. The Labute approximate surface area is 156 Å². The lowest BCUT2D eigenvalue weighted by atomic mass is 10.0.